The molecule has 1 saturated carbocycles. The molecule has 0 aliphatic heterocycles. The molecule has 0 bridgehead atoms. The first kappa shape index (κ1) is 13.3. The Morgan fingerprint density at radius 1 is 1.47 bits per heavy atom. The molecule has 3 heteroatoms. The van der Waals surface area contributed by atoms with Gasteiger partial charge in [0.05, 0.1) is 0 Å². The van der Waals surface area contributed by atoms with Gasteiger partial charge in [-0.15, -0.1) is 11.8 Å². The molecule has 17 heavy (non-hydrogen) atoms. The molecule has 1 fully saturated rings. The van der Waals surface area contributed by atoms with Crippen molar-refractivity contribution in [1.29, 1.82) is 0 Å². The van der Waals surface area contributed by atoms with Gasteiger partial charge in [-0.1, -0.05) is 31.5 Å². The van der Waals surface area contributed by atoms with E-state index in [9.17, 15) is 0 Å². The number of hydrogen-bond acceptors (Lipinski definition) is 2. The second kappa shape index (κ2) is 5.21. The zero-order chi connectivity index (χ0) is 12.5. The fourth-order valence-corrected chi connectivity index (χ4v) is 4.21. The van der Waals surface area contributed by atoms with Gasteiger partial charge in [0.2, 0.25) is 0 Å². The normalized spacial score (nSPS) is 28.2. The SMILES string of the molecule is CC(C)C1CC(CN)(Sc2cccc(Cl)c2)C1. The summed E-state index contributed by atoms with van der Waals surface area (Å²) in [5.41, 5.74) is 5.96. The van der Waals surface area contributed by atoms with Gasteiger partial charge in [-0.3, -0.25) is 0 Å². The van der Waals surface area contributed by atoms with Crippen LogP contribution in [0.25, 0.3) is 0 Å². The van der Waals surface area contributed by atoms with E-state index >= 15 is 0 Å². The van der Waals surface area contributed by atoms with E-state index in [1.165, 1.54) is 17.7 Å². The Kier molecular flexibility index (Phi) is 4.06. The lowest BCUT2D eigenvalue weighted by atomic mass is 9.69. The Bertz CT molecular complexity index is 386. The van der Waals surface area contributed by atoms with Crippen LogP contribution in [0, 0.1) is 11.8 Å². The molecule has 0 radical (unpaired) electrons. The number of rotatable bonds is 4. The van der Waals surface area contributed by atoms with E-state index in [0.717, 1.165) is 23.4 Å². The summed E-state index contributed by atoms with van der Waals surface area (Å²) in [4.78, 5) is 1.24. The van der Waals surface area contributed by atoms with Gasteiger partial charge in [0.1, 0.15) is 0 Å². The first-order valence-electron chi connectivity index (χ1n) is 6.19. The Morgan fingerprint density at radius 2 is 2.18 bits per heavy atom. The molecule has 0 atom stereocenters. The number of thioether (sulfide) groups is 1. The summed E-state index contributed by atoms with van der Waals surface area (Å²) in [5, 5.41) is 0.807. The van der Waals surface area contributed by atoms with Crippen molar-refractivity contribution in [2.45, 2.75) is 36.3 Å². The number of hydrogen-bond donors (Lipinski definition) is 1. The monoisotopic (exact) mass is 269 g/mol. The molecule has 1 aliphatic carbocycles. The highest BCUT2D eigenvalue weighted by Crippen LogP contribution is 2.52. The molecule has 0 amide bonds. The van der Waals surface area contributed by atoms with E-state index in [4.69, 9.17) is 17.3 Å². The lowest BCUT2D eigenvalue weighted by molar-refractivity contribution is 0.176. The van der Waals surface area contributed by atoms with Gasteiger partial charge in [-0.25, -0.2) is 0 Å². The number of nitrogens with two attached hydrogens (primary N) is 1. The fourth-order valence-electron chi connectivity index (χ4n) is 2.44. The summed E-state index contributed by atoms with van der Waals surface area (Å²) in [6.07, 6.45) is 2.47. The van der Waals surface area contributed by atoms with Crippen LogP contribution in [0.15, 0.2) is 29.2 Å². The molecule has 0 aromatic heterocycles. The largest absolute Gasteiger partial charge is 0.329 e. The topological polar surface area (TPSA) is 26.0 Å². The van der Waals surface area contributed by atoms with E-state index in [1.54, 1.807) is 0 Å². The van der Waals surface area contributed by atoms with Crippen molar-refractivity contribution < 1.29 is 0 Å². The average molecular weight is 270 g/mol. The minimum absolute atomic E-state index is 0.250. The number of benzene rings is 1. The third-order valence-corrected chi connectivity index (χ3v) is 5.37. The molecule has 0 spiro atoms. The molecule has 0 unspecified atom stereocenters. The summed E-state index contributed by atoms with van der Waals surface area (Å²) in [6, 6.07) is 8.08. The van der Waals surface area contributed by atoms with Crippen molar-refractivity contribution in [2.75, 3.05) is 6.54 Å². The quantitative estimate of drug-likeness (QED) is 0.887. The van der Waals surface area contributed by atoms with Gasteiger partial charge in [0.15, 0.2) is 0 Å². The predicted octanol–water partition coefficient (Wildman–Crippen LogP) is 4.20. The lowest BCUT2D eigenvalue weighted by Crippen LogP contribution is -2.48. The van der Waals surface area contributed by atoms with E-state index in [0.29, 0.717) is 0 Å². The van der Waals surface area contributed by atoms with E-state index in [-0.39, 0.29) is 4.75 Å². The molecule has 1 aliphatic rings. The van der Waals surface area contributed by atoms with Crippen molar-refractivity contribution in [2.24, 2.45) is 17.6 Å². The lowest BCUT2D eigenvalue weighted by Gasteiger charge is -2.48. The molecule has 2 rings (SSSR count). The summed E-state index contributed by atoms with van der Waals surface area (Å²) in [6.45, 7) is 5.36. The van der Waals surface area contributed by atoms with E-state index < -0.39 is 0 Å². The van der Waals surface area contributed by atoms with Crippen molar-refractivity contribution in [3.05, 3.63) is 29.3 Å². The minimum atomic E-state index is 0.250. The summed E-state index contributed by atoms with van der Waals surface area (Å²) in [7, 11) is 0. The van der Waals surface area contributed by atoms with Crippen molar-refractivity contribution in [3.8, 4) is 0 Å². The molecular formula is C14H20ClNS. The Balaban J connectivity index is 2.02. The maximum Gasteiger partial charge on any atom is 0.0417 e. The maximum absolute atomic E-state index is 6.01. The van der Waals surface area contributed by atoms with Crippen LogP contribution in [0.3, 0.4) is 0 Å². The van der Waals surface area contributed by atoms with Crippen molar-refractivity contribution in [3.63, 3.8) is 0 Å². The Morgan fingerprint density at radius 3 is 2.71 bits per heavy atom. The summed E-state index contributed by atoms with van der Waals surface area (Å²) < 4.78 is 0.250. The first-order valence-corrected chi connectivity index (χ1v) is 7.39. The van der Waals surface area contributed by atoms with Crippen LogP contribution in [-0.4, -0.2) is 11.3 Å². The van der Waals surface area contributed by atoms with Gasteiger partial charge in [-0.05, 0) is 42.9 Å². The second-order valence-electron chi connectivity index (χ2n) is 5.36. The molecule has 1 aromatic rings. The van der Waals surface area contributed by atoms with Crippen LogP contribution in [0.5, 0.6) is 0 Å². The summed E-state index contributed by atoms with van der Waals surface area (Å²) in [5.74, 6) is 1.61. The molecule has 2 N–H and O–H groups in total. The van der Waals surface area contributed by atoms with Gasteiger partial charge >= 0.3 is 0 Å². The van der Waals surface area contributed by atoms with Crippen LogP contribution in [0.1, 0.15) is 26.7 Å². The number of halogens is 1. The van der Waals surface area contributed by atoms with Crippen LogP contribution in [0.4, 0.5) is 0 Å². The molecule has 0 heterocycles. The molecule has 94 valence electrons. The second-order valence-corrected chi connectivity index (χ2v) is 7.34. The van der Waals surface area contributed by atoms with Gasteiger partial charge in [0, 0.05) is 21.2 Å². The third-order valence-electron chi connectivity index (χ3n) is 3.71. The highest BCUT2D eigenvalue weighted by molar-refractivity contribution is 8.00. The molecular weight excluding hydrogens is 250 g/mol. The van der Waals surface area contributed by atoms with E-state index in [1.807, 2.05) is 30.0 Å². The Hall–Kier alpha value is -0.180. The fraction of sp³-hybridized carbons (Fsp3) is 0.571. The zero-order valence-electron chi connectivity index (χ0n) is 10.4. The van der Waals surface area contributed by atoms with Gasteiger partial charge < -0.3 is 5.73 Å². The predicted molar refractivity (Wildman–Crippen MR) is 76.7 cm³/mol. The van der Waals surface area contributed by atoms with Crippen molar-refractivity contribution in [1.82, 2.24) is 0 Å². The maximum atomic E-state index is 6.01. The summed E-state index contributed by atoms with van der Waals surface area (Å²) >= 11 is 7.92. The Labute approximate surface area is 113 Å². The standard InChI is InChI=1S/C14H20ClNS/c1-10(2)11-7-14(8-11,9-16)17-13-5-3-4-12(15)6-13/h3-6,10-11H,7-9,16H2,1-2H3. The van der Waals surface area contributed by atoms with Crippen LogP contribution in [0.2, 0.25) is 5.02 Å². The van der Waals surface area contributed by atoms with E-state index in [2.05, 4.69) is 19.9 Å². The van der Waals surface area contributed by atoms with Gasteiger partial charge in [-0.2, -0.15) is 0 Å². The molecule has 1 aromatic carbocycles. The smallest absolute Gasteiger partial charge is 0.0417 e. The zero-order valence-corrected chi connectivity index (χ0v) is 12.0. The first-order chi connectivity index (χ1) is 8.04. The highest BCUT2D eigenvalue weighted by atomic mass is 35.5. The molecule has 0 saturated heterocycles. The van der Waals surface area contributed by atoms with Crippen molar-refractivity contribution >= 4 is 23.4 Å². The highest BCUT2D eigenvalue weighted by Gasteiger charge is 2.44. The third kappa shape index (κ3) is 2.98. The van der Waals surface area contributed by atoms with Crippen LogP contribution < -0.4 is 5.73 Å². The van der Waals surface area contributed by atoms with Crippen LogP contribution in [-0.2, 0) is 0 Å². The molecule has 1 nitrogen and oxygen atoms in total. The minimum Gasteiger partial charge on any atom is -0.329 e. The van der Waals surface area contributed by atoms with Gasteiger partial charge in [0.25, 0.3) is 0 Å². The average Bonchev–Trinajstić information content (AvgIpc) is 2.22. The van der Waals surface area contributed by atoms with Crippen LogP contribution >= 0.6 is 23.4 Å².